The molecule has 1 heterocycles. The molecule has 3 atom stereocenters. The summed E-state index contributed by atoms with van der Waals surface area (Å²) in [5, 5.41) is 8.24. The topological polar surface area (TPSA) is 36.5 Å². The summed E-state index contributed by atoms with van der Waals surface area (Å²) in [5.74, 6) is 2.25. The Morgan fingerprint density at radius 2 is 2.11 bits per heavy atom. The van der Waals surface area contributed by atoms with Crippen molar-refractivity contribution >= 4 is 11.6 Å². The zero-order chi connectivity index (χ0) is 20.6. The van der Waals surface area contributed by atoms with Gasteiger partial charge in [-0.2, -0.15) is 0 Å². The number of ether oxygens (including phenoxy) is 1. The van der Waals surface area contributed by atoms with Gasteiger partial charge in [0.25, 0.3) is 0 Å². The van der Waals surface area contributed by atoms with Crippen molar-refractivity contribution in [3.8, 4) is 0 Å². The minimum Gasteiger partial charge on any atom is -0.380 e. The Labute approximate surface area is 178 Å². The van der Waals surface area contributed by atoms with Crippen molar-refractivity contribution in [1.82, 2.24) is 15.5 Å². The summed E-state index contributed by atoms with van der Waals surface area (Å²) in [5.41, 5.74) is 0.373. The summed E-state index contributed by atoms with van der Waals surface area (Å²) >= 11 is 6.21. The standard InChI is InChI=1S/C23H44ClN3O/c1-6-28-14-12-25-17-26-22(18(2)3)15-27-13-11-21(23(4,5)16-27)19-7-9-20(24)10-8-19/h9,18-19,21-22,25-26H,6-8,10-17H2,1-5H3/t19?,21?,22-/m0/s1. The fraction of sp³-hybridized carbons (Fsp3) is 0.913. The molecule has 2 N–H and O–H groups in total. The maximum absolute atomic E-state index is 6.21. The van der Waals surface area contributed by atoms with Gasteiger partial charge in [-0.3, -0.25) is 0 Å². The SMILES string of the molecule is CCOCCNCN[C@@H](CN1CCC(C2CC=C(Cl)CC2)C(C)(C)C1)C(C)C. The van der Waals surface area contributed by atoms with Gasteiger partial charge in [0.2, 0.25) is 0 Å². The first-order valence-electron chi connectivity index (χ1n) is 11.4. The van der Waals surface area contributed by atoms with Crippen LogP contribution in [0.5, 0.6) is 0 Å². The number of rotatable bonds is 11. The smallest absolute Gasteiger partial charge is 0.0591 e. The molecule has 0 amide bonds. The van der Waals surface area contributed by atoms with Crippen LogP contribution in [0.3, 0.4) is 0 Å². The van der Waals surface area contributed by atoms with E-state index in [1.54, 1.807) is 0 Å². The summed E-state index contributed by atoms with van der Waals surface area (Å²) in [6.45, 7) is 18.6. The lowest BCUT2D eigenvalue weighted by Gasteiger charge is -2.49. The van der Waals surface area contributed by atoms with Crippen molar-refractivity contribution in [2.24, 2.45) is 23.2 Å². The minimum absolute atomic E-state index is 0.373. The van der Waals surface area contributed by atoms with Gasteiger partial charge >= 0.3 is 0 Å². The molecule has 0 aromatic carbocycles. The summed E-state index contributed by atoms with van der Waals surface area (Å²) in [6.07, 6.45) is 7.12. The highest BCUT2D eigenvalue weighted by molar-refractivity contribution is 6.29. The second-order valence-electron chi connectivity index (χ2n) is 9.73. The van der Waals surface area contributed by atoms with Crippen LogP contribution in [0.25, 0.3) is 0 Å². The largest absolute Gasteiger partial charge is 0.380 e. The molecule has 0 bridgehead atoms. The Morgan fingerprint density at radius 3 is 2.71 bits per heavy atom. The Balaban J connectivity index is 1.80. The number of halogens is 1. The molecule has 2 aliphatic rings. The van der Waals surface area contributed by atoms with Crippen LogP contribution in [-0.4, -0.2) is 57.0 Å². The minimum atomic E-state index is 0.373. The zero-order valence-electron chi connectivity index (χ0n) is 18.9. The van der Waals surface area contributed by atoms with E-state index in [0.717, 1.165) is 56.3 Å². The van der Waals surface area contributed by atoms with E-state index in [0.29, 0.717) is 17.4 Å². The normalized spacial score (nSPS) is 27.0. The Kier molecular flexibility index (Phi) is 10.3. The first-order chi connectivity index (χ1) is 13.3. The monoisotopic (exact) mass is 413 g/mol. The summed E-state index contributed by atoms with van der Waals surface area (Å²) in [4.78, 5) is 2.69. The molecule has 2 unspecified atom stereocenters. The van der Waals surface area contributed by atoms with Gasteiger partial charge < -0.3 is 20.3 Å². The van der Waals surface area contributed by atoms with E-state index in [2.05, 4.69) is 49.3 Å². The fourth-order valence-corrected chi connectivity index (χ4v) is 5.27. The van der Waals surface area contributed by atoms with Crippen molar-refractivity contribution in [3.63, 3.8) is 0 Å². The summed E-state index contributed by atoms with van der Waals surface area (Å²) in [6, 6.07) is 0.517. The van der Waals surface area contributed by atoms with E-state index in [9.17, 15) is 0 Å². The predicted octanol–water partition coefficient (Wildman–Crippen LogP) is 4.46. The third-order valence-corrected chi connectivity index (χ3v) is 7.08. The lowest BCUT2D eigenvalue weighted by atomic mass is 9.65. The van der Waals surface area contributed by atoms with Crippen LogP contribution in [0.4, 0.5) is 0 Å². The van der Waals surface area contributed by atoms with Gasteiger partial charge in [-0.25, -0.2) is 0 Å². The molecule has 0 aromatic rings. The highest BCUT2D eigenvalue weighted by Crippen LogP contribution is 2.44. The van der Waals surface area contributed by atoms with Crippen molar-refractivity contribution < 1.29 is 4.74 Å². The summed E-state index contributed by atoms with van der Waals surface area (Å²) in [7, 11) is 0. The molecule has 1 fully saturated rings. The number of nitrogens with zero attached hydrogens (tertiary/aromatic N) is 1. The average Bonchev–Trinajstić information content (AvgIpc) is 2.64. The molecule has 1 saturated heterocycles. The Hall–Kier alpha value is -0.130. The van der Waals surface area contributed by atoms with E-state index in [1.807, 2.05) is 6.92 Å². The van der Waals surface area contributed by atoms with Gasteiger partial charge in [-0.15, -0.1) is 0 Å². The third-order valence-electron chi connectivity index (χ3n) is 6.73. The van der Waals surface area contributed by atoms with Gasteiger partial charge in [0, 0.05) is 44.0 Å². The molecule has 4 nitrogen and oxygen atoms in total. The molecule has 0 spiro atoms. The molecule has 1 aliphatic carbocycles. The number of likely N-dealkylation sites (tertiary alicyclic amines) is 1. The van der Waals surface area contributed by atoms with Crippen LogP contribution in [-0.2, 0) is 4.74 Å². The molecule has 164 valence electrons. The maximum atomic E-state index is 6.21. The van der Waals surface area contributed by atoms with Crippen LogP contribution >= 0.6 is 11.6 Å². The number of hydrogen-bond acceptors (Lipinski definition) is 4. The molecule has 28 heavy (non-hydrogen) atoms. The van der Waals surface area contributed by atoms with E-state index >= 15 is 0 Å². The predicted molar refractivity (Wildman–Crippen MR) is 121 cm³/mol. The average molecular weight is 414 g/mol. The van der Waals surface area contributed by atoms with Crippen molar-refractivity contribution in [2.45, 2.75) is 66.3 Å². The molecular formula is C23H44ClN3O. The highest BCUT2D eigenvalue weighted by Gasteiger charge is 2.40. The number of allylic oxidation sites excluding steroid dienone is 2. The van der Waals surface area contributed by atoms with Gasteiger partial charge in [0.15, 0.2) is 0 Å². The molecule has 0 aromatic heterocycles. The zero-order valence-corrected chi connectivity index (χ0v) is 19.7. The van der Waals surface area contributed by atoms with Crippen LogP contribution in [0.2, 0.25) is 0 Å². The first-order valence-corrected chi connectivity index (χ1v) is 11.8. The highest BCUT2D eigenvalue weighted by atomic mass is 35.5. The summed E-state index contributed by atoms with van der Waals surface area (Å²) < 4.78 is 5.39. The molecular weight excluding hydrogens is 370 g/mol. The van der Waals surface area contributed by atoms with Crippen LogP contribution in [0, 0.1) is 23.2 Å². The van der Waals surface area contributed by atoms with E-state index in [4.69, 9.17) is 16.3 Å². The van der Waals surface area contributed by atoms with Gasteiger partial charge in [-0.05, 0) is 62.3 Å². The van der Waals surface area contributed by atoms with Crippen molar-refractivity contribution in [2.75, 3.05) is 46.1 Å². The van der Waals surface area contributed by atoms with E-state index in [-0.39, 0.29) is 0 Å². The number of nitrogens with one attached hydrogen (secondary N) is 2. The van der Waals surface area contributed by atoms with E-state index in [1.165, 1.54) is 32.4 Å². The Bertz CT molecular complexity index is 480. The fourth-order valence-electron chi connectivity index (χ4n) is 5.07. The van der Waals surface area contributed by atoms with Crippen LogP contribution in [0.1, 0.15) is 60.3 Å². The van der Waals surface area contributed by atoms with Gasteiger partial charge in [0.05, 0.1) is 6.61 Å². The van der Waals surface area contributed by atoms with E-state index < -0.39 is 0 Å². The number of hydrogen-bond donors (Lipinski definition) is 2. The molecule has 0 saturated carbocycles. The molecule has 2 rings (SSSR count). The molecule has 0 radical (unpaired) electrons. The Morgan fingerprint density at radius 1 is 1.32 bits per heavy atom. The number of piperidine rings is 1. The molecule has 1 aliphatic heterocycles. The van der Waals surface area contributed by atoms with Gasteiger partial charge in [0.1, 0.15) is 0 Å². The maximum Gasteiger partial charge on any atom is 0.0591 e. The lowest BCUT2D eigenvalue weighted by Crippen LogP contribution is -2.53. The van der Waals surface area contributed by atoms with Gasteiger partial charge in [-0.1, -0.05) is 45.4 Å². The lowest BCUT2D eigenvalue weighted by molar-refractivity contribution is 0.0117. The van der Waals surface area contributed by atoms with Crippen LogP contribution < -0.4 is 10.6 Å². The second kappa shape index (κ2) is 11.9. The second-order valence-corrected chi connectivity index (χ2v) is 10.2. The quantitative estimate of drug-likeness (QED) is 0.387. The van der Waals surface area contributed by atoms with Crippen molar-refractivity contribution in [1.29, 1.82) is 0 Å². The van der Waals surface area contributed by atoms with Crippen molar-refractivity contribution in [3.05, 3.63) is 11.1 Å². The van der Waals surface area contributed by atoms with Crippen LogP contribution in [0.15, 0.2) is 11.1 Å². The first kappa shape index (κ1) is 24.1. The third kappa shape index (κ3) is 7.60. The molecule has 5 heteroatoms.